The molecule has 1 aromatic rings. The maximum atomic E-state index is 11.8. The molecule has 19 heavy (non-hydrogen) atoms. The lowest BCUT2D eigenvalue weighted by Crippen LogP contribution is -2.45. The first-order valence-corrected chi connectivity index (χ1v) is 7.01. The van der Waals surface area contributed by atoms with E-state index in [0.29, 0.717) is 34.2 Å². The lowest BCUT2D eigenvalue weighted by molar-refractivity contribution is 0.225. The minimum atomic E-state index is -0.223. The first-order chi connectivity index (χ1) is 9.00. The standard InChI is InChI=1S/C13H15Cl2N3O/c14-9-2-1-7(3-10(9)15)18-12(19)17-6-13-4-8(13)11(16)5-13/h1-3,8,11H,4-6,16H2,(H2,17,18,19). The van der Waals surface area contributed by atoms with E-state index in [2.05, 4.69) is 10.6 Å². The third kappa shape index (κ3) is 2.40. The zero-order valence-corrected chi connectivity index (χ0v) is 11.8. The third-order valence-electron chi connectivity index (χ3n) is 4.19. The van der Waals surface area contributed by atoms with E-state index in [4.69, 9.17) is 28.9 Å². The van der Waals surface area contributed by atoms with Crippen LogP contribution >= 0.6 is 23.2 Å². The maximum absolute atomic E-state index is 11.8. The van der Waals surface area contributed by atoms with Crippen LogP contribution in [-0.4, -0.2) is 18.6 Å². The van der Waals surface area contributed by atoms with Crippen molar-refractivity contribution in [3.8, 4) is 0 Å². The Balaban J connectivity index is 1.50. The van der Waals surface area contributed by atoms with Gasteiger partial charge in [0.2, 0.25) is 0 Å². The van der Waals surface area contributed by atoms with E-state index in [0.717, 1.165) is 12.8 Å². The predicted octanol–water partition coefficient (Wildman–Crippen LogP) is 2.85. The van der Waals surface area contributed by atoms with Crippen LogP contribution < -0.4 is 16.4 Å². The molecule has 0 radical (unpaired) electrons. The molecule has 0 spiro atoms. The Morgan fingerprint density at radius 3 is 2.74 bits per heavy atom. The van der Waals surface area contributed by atoms with Gasteiger partial charge in [0.1, 0.15) is 0 Å². The molecule has 0 aliphatic heterocycles. The van der Waals surface area contributed by atoms with Crippen molar-refractivity contribution in [3.05, 3.63) is 28.2 Å². The van der Waals surface area contributed by atoms with Gasteiger partial charge < -0.3 is 16.4 Å². The summed E-state index contributed by atoms with van der Waals surface area (Å²) in [5, 5.41) is 6.51. The molecule has 1 aromatic carbocycles. The van der Waals surface area contributed by atoms with Gasteiger partial charge in [-0.1, -0.05) is 23.2 Å². The Hall–Kier alpha value is -0.970. The molecule has 0 aromatic heterocycles. The number of carbonyl (C=O) groups is 1. The molecule has 2 saturated carbocycles. The normalized spacial score (nSPS) is 31.1. The summed E-state index contributed by atoms with van der Waals surface area (Å²) in [6, 6.07) is 5.10. The molecule has 0 heterocycles. The zero-order valence-electron chi connectivity index (χ0n) is 10.2. The Labute approximate surface area is 121 Å². The maximum Gasteiger partial charge on any atom is 0.319 e. The van der Waals surface area contributed by atoms with E-state index < -0.39 is 0 Å². The van der Waals surface area contributed by atoms with Gasteiger partial charge in [0.15, 0.2) is 0 Å². The van der Waals surface area contributed by atoms with Crippen molar-refractivity contribution in [2.75, 3.05) is 11.9 Å². The number of nitrogens with one attached hydrogen (secondary N) is 2. The average molecular weight is 300 g/mol. The molecule has 0 bridgehead atoms. The molecule has 3 atom stereocenters. The number of carbonyl (C=O) groups excluding carboxylic acids is 1. The van der Waals surface area contributed by atoms with Crippen LogP contribution in [0, 0.1) is 11.3 Å². The topological polar surface area (TPSA) is 67.1 Å². The quantitative estimate of drug-likeness (QED) is 0.803. The van der Waals surface area contributed by atoms with Crippen LogP contribution in [0.15, 0.2) is 18.2 Å². The van der Waals surface area contributed by atoms with Crippen LogP contribution in [0.4, 0.5) is 10.5 Å². The van der Waals surface area contributed by atoms with Gasteiger partial charge in [-0.3, -0.25) is 0 Å². The van der Waals surface area contributed by atoms with E-state index in [9.17, 15) is 4.79 Å². The van der Waals surface area contributed by atoms with Crippen molar-refractivity contribution < 1.29 is 4.79 Å². The van der Waals surface area contributed by atoms with Crippen LogP contribution in [0.3, 0.4) is 0 Å². The molecular formula is C13H15Cl2N3O. The van der Waals surface area contributed by atoms with E-state index in [1.54, 1.807) is 18.2 Å². The van der Waals surface area contributed by atoms with Gasteiger partial charge in [0.05, 0.1) is 10.0 Å². The molecule has 4 N–H and O–H groups in total. The number of anilines is 1. The number of urea groups is 1. The van der Waals surface area contributed by atoms with Gasteiger partial charge in [-0.25, -0.2) is 4.79 Å². The number of benzene rings is 1. The Morgan fingerprint density at radius 1 is 1.37 bits per heavy atom. The van der Waals surface area contributed by atoms with Crippen molar-refractivity contribution in [1.29, 1.82) is 0 Å². The number of hydrogen-bond acceptors (Lipinski definition) is 2. The van der Waals surface area contributed by atoms with Gasteiger partial charge >= 0.3 is 6.03 Å². The highest BCUT2D eigenvalue weighted by atomic mass is 35.5. The largest absolute Gasteiger partial charge is 0.337 e. The number of nitrogens with two attached hydrogens (primary N) is 1. The molecule has 0 saturated heterocycles. The number of fused-ring (bicyclic) bond motifs is 1. The summed E-state index contributed by atoms with van der Waals surface area (Å²) >= 11 is 11.7. The summed E-state index contributed by atoms with van der Waals surface area (Å²) in [4.78, 5) is 11.8. The molecule has 2 amide bonds. The first kappa shape index (κ1) is 13.0. The zero-order chi connectivity index (χ0) is 13.6. The monoisotopic (exact) mass is 299 g/mol. The fourth-order valence-corrected chi connectivity index (χ4v) is 3.25. The van der Waals surface area contributed by atoms with Crippen LogP contribution in [0.1, 0.15) is 12.8 Å². The van der Waals surface area contributed by atoms with Crippen molar-refractivity contribution >= 4 is 34.9 Å². The second-order valence-electron chi connectivity index (χ2n) is 5.48. The molecule has 3 rings (SSSR count). The fraction of sp³-hybridized carbons (Fsp3) is 0.462. The smallest absolute Gasteiger partial charge is 0.319 e. The summed E-state index contributed by atoms with van der Waals surface area (Å²) in [6.45, 7) is 0.693. The van der Waals surface area contributed by atoms with Crippen molar-refractivity contribution in [1.82, 2.24) is 5.32 Å². The molecule has 2 aliphatic carbocycles. The molecule has 3 unspecified atom stereocenters. The summed E-state index contributed by atoms with van der Waals surface area (Å²) in [7, 11) is 0. The number of halogens is 2. The highest BCUT2D eigenvalue weighted by Gasteiger charge is 2.65. The lowest BCUT2D eigenvalue weighted by atomic mass is 9.80. The van der Waals surface area contributed by atoms with Gasteiger partial charge in [0, 0.05) is 18.3 Å². The van der Waals surface area contributed by atoms with Crippen LogP contribution in [-0.2, 0) is 0 Å². The van der Waals surface area contributed by atoms with E-state index >= 15 is 0 Å². The highest BCUT2D eigenvalue weighted by Crippen LogP contribution is 2.66. The van der Waals surface area contributed by atoms with E-state index in [1.807, 2.05) is 0 Å². The molecular weight excluding hydrogens is 285 g/mol. The second kappa shape index (κ2) is 4.54. The van der Waals surface area contributed by atoms with Gasteiger partial charge in [-0.2, -0.15) is 0 Å². The minimum Gasteiger partial charge on any atom is -0.337 e. The van der Waals surface area contributed by atoms with Gasteiger partial charge in [-0.15, -0.1) is 0 Å². The molecule has 2 aliphatic rings. The SMILES string of the molecule is NC1CC2(CNC(=O)Nc3ccc(Cl)c(Cl)c3)CC12. The van der Waals surface area contributed by atoms with Crippen LogP contribution in [0.5, 0.6) is 0 Å². The van der Waals surface area contributed by atoms with Crippen molar-refractivity contribution in [2.45, 2.75) is 18.9 Å². The second-order valence-corrected chi connectivity index (χ2v) is 6.29. The molecule has 102 valence electrons. The first-order valence-electron chi connectivity index (χ1n) is 6.26. The van der Waals surface area contributed by atoms with Crippen molar-refractivity contribution in [2.24, 2.45) is 17.1 Å². The van der Waals surface area contributed by atoms with Crippen LogP contribution in [0.25, 0.3) is 0 Å². The number of amides is 2. The third-order valence-corrected chi connectivity index (χ3v) is 4.93. The fourth-order valence-electron chi connectivity index (χ4n) is 2.95. The molecule has 2 fully saturated rings. The van der Waals surface area contributed by atoms with E-state index in [-0.39, 0.29) is 11.4 Å². The summed E-state index contributed by atoms with van der Waals surface area (Å²) in [6.07, 6.45) is 2.16. The lowest BCUT2D eigenvalue weighted by Gasteiger charge is -2.31. The minimum absolute atomic E-state index is 0.223. The number of hydrogen-bond donors (Lipinski definition) is 3. The summed E-state index contributed by atoms with van der Waals surface area (Å²) in [5.41, 5.74) is 6.77. The number of rotatable bonds is 3. The van der Waals surface area contributed by atoms with Gasteiger partial charge in [-0.05, 0) is 42.4 Å². The average Bonchev–Trinajstić information content (AvgIpc) is 2.97. The Morgan fingerprint density at radius 2 is 2.16 bits per heavy atom. The van der Waals surface area contributed by atoms with Crippen molar-refractivity contribution in [3.63, 3.8) is 0 Å². The molecule has 6 heteroatoms. The summed E-state index contributed by atoms with van der Waals surface area (Å²) in [5.74, 6) is 0.609. The highest BCUT2D eigenvalue weighted by molar-refractivity contribution is 6.42. The molecule has 4 nitrogen and oxygen atoms in total. The van der Waals surface area contributed by atoms with Gasteiger partial charge in [0.25, 0.3) is 0 Å². The van der Waals surface area contributed by atoms with E-state index in [1.165, 1.54) is 0 Å². The Kier molecular flexibility index (Phi) is 3.12. The van der Waals surface area contributed by atoms with Crippen LogP contribution in [0.2, 0.25) is 10.0 Å². The summed E-state index contributed by atoms with van der Waals surface area (Å²) < 4.78 is 0. The Bertz CT molecular complexity index is 537. The predicted molar refractivity (Wildman–Crippen MR) is 76.6 cm³/mol.